The number of carbonyl (C=O) groups excluding carboxylic acids is 2. The van der Waals surface area contributed by atoms with Gasteiger partial charge < -0.3 is 9.64 Å². The van der Waals surface area contributed by atoms with E-state index in [1.807, 2.05) is 20.8 Å². The van der Waals surface area contributed by atoms with Crippen LogP contribution >= 0.6 is 27.3 Å². The topological polar surface area (TPSA) is 59.5 Å². The van der Waals surface area contributed by atoms with E-state index < -0.39 is 11.4 Å². The van der Waals surface area contributed by atoms with Gasteiger partial charge >= 0.3 is 6.09 Å². The highest BCUT2D eigenvalue weighted by molar-refractivity contribution is 9.09. The van der Waals surface area contributed by atoms with Crippen LogP contribution in [0.2, 0.25) is 0 Å². The van der Waals surface area contributed by atoms with Gasteiger partial charge in [0, 0.05) is 24.6 Å². The lowest BCUT2D eigenvalue weighted by Gasteiger charge is -2.32. The van der Waals surface area contributed by atoms with E-state index in [1.54, 1.807) is 11.0 Å². The van der Waals surface area contributed by atoms with Crippen LogP contribution in [0.15, 0.2) is 12.1 Å². The van der Waals surface area contributed by atoms with Crippen LogP contribution in [0.5, 0.6) is 0 Å². The van der Waals surface area contributed by atoms with Crippen molar-refractivity contribution in [2.45, 2.75) is 45.1 Å². The van der Waals surface area contributed by atoms with E-state index in [1.165, 1.54) is 17.4 Å². The van der Waals surface area contributed by atoms with Crippen molar-refractivity contribution in [2.24, 2.45) is 0 Å². The number of nitrogens with zero attached hydrogens (tertiary/aromatic N) is 2. The number of halogens is 2. The molecule has 0 N–H and O–H groups in total. The second-order valence-electron chi connectivity index (χ2n) is 7.66. The summed E-state index contributed by atoms with van der Waals surface area (Å²) in [4.78, 5) is 30.2. The van der Waals surface area contributed by atoms with Crippen LogP contribution in [0.1, 0.15) is 54.9 Å². The summed E-state index contributed by atoms with van der Waals surface area (Å²) < 4.78 is 20.5. The van der Waals surface area contributed by atoms with Gasteiger partial charge in [0.15, 0.2) is 11.6 Å². The van der Waals surface area contributed by atoms with E-state index in [4.69, 9.17) is 4.74 Å². The number of amides is 1. The number of benzene rings is 1. The maximum atomic E-state index is 14.4. The zero-order valence-electron chi connectivity index (χ0n) is 15.6. The molecule has 0 spiro atoms. The third-order valence-corrected chi connectivity index (χ3v) is 6.08. The Kier molecular flexibility index (Phi) is 5.86. The zero-order valence-corrected chi connectivity index (χ0v) is 18.0. The summed E-state index contributed by atoms with van der Waals surface area (Å²) in [5.41, 5.74) is 0.158. The minimum atomic E-state index is -0.511. The molecule has 0 unspecified atom stereocenters. The number of carbonyl (C=O) groups is 2. The molecule has 1 aromatic heterocycles. The Morgan fingerprint density at radius 1 is 1.33 bits per heavy atom. The largest absolute Gasteiger partial charge is 0.444 e. The number of piperidine rings is 1. The standard InChI is InChI=1S/C19H22BrFN2O3S/c1-19(2,3)26-18(25)23-6-4-11(5-7-23)17-22-16-13(21)8-12(14(24)10-20)9-15(16)27-17/h8-9,11H,4-7,10H2,1-3H3. The predicted molar refractivity (Wildman–Crippen MR) is 107 cm³/mol. The molecule has 2 aromatic rings. The van der Waals surface area contributed by atoms with Gasteiger partial charge in [0.05, 0.1) is 15.0 Å². The van der Waals surface area contributed by atoms with Gasteiger partial charge in [0.25, 0.3) is 0 Å². The molecule has 3 rings (SSSR count). The van der Waals surface area contributed by atoms with Gasteiger partial charge in [-0.05, 0) is 45.7 Å². The van der Waals surface area contributed by atoms with Crippen LogP contribution in [0.25, 0.3) is 10.2 Å². The molecule has 1 aromatic carbocycles. The van der Waals surface area contributed by atoms with Gasteiger partial charge in [0.2, 0.25) is 0 Å². The van der Waals surface area contributed by atoms with Crippen molar-refractivity contribution < 1.29 is 18.7 Å². The first kappa shape index (κ1) is 20.2. The van der Waals surface area contributed by atoms with Gasteiger partial charge in [-0.1, -0.05) is 15.9 Å². The Morgan fingerprint density at radius 3 is 2.59 bits per heavy atom. The lowest BCUT2D eigenvalue weighted by molar-refractivity contribution is 0.0204. The number of ether oxygens (including phenoxy) is 1. The summed E-state index contributed by atoms with van der Waals surface area (Å²) in [5.74, 6) is -0.447. The number of alkyl halides is 1. The highest BCUT2D eigenvalue weighted by Gasteiger charge is 2.29. The number of rotatable bonds is 3. The number of aromatic nitrogens is 1. The number of hydrogen-bond donors (Lipinski definition) is 0. The minimum absolute atomic E-state index is 0.156. The Bertz CT molecular complexity index is 870. The van der Waals surface area contributed by atoms with Gasteiger partial charge in [0.1, 0.15) is 11.1 Å². The number of thiazole rings is 1. The molecule has 0 bridgehead atoms. The van der Waals surface area contributed by atoms with E-state index in [-0.39, 0.29) is 23.1 Å². The molecule has 1 aliphatic heterocycles. The first-order valence-electron chi connectivity index (χ1n) is 8.85. The average molecular weight is 457 g/mol. The third kappa shape index (κ3) is 4.66. The van der Waals surface area contributed by atoms with Crippen LogP contribution in [-0.2, 0) is 4.74 Å². The number of Topliss-reactive ketones (excluding diaryl/α,β-unsaturated/α-hetero) is 1. The van der Waals surface area contributed by atoms with E-state index in [0.717, 1.165) is 17.8 Å². The molecule has 8 heteroatoms. The molecule has 0 atom stereocenters. The van der Waals surface area contributed by atoms with Crippen molar-refractivity contribution in [3.63, 3.8) is 0 Å². The summed E-state index contributed by atoms with van der Waals surface area (Å²) in [5, 5.41) is 1.02. The normalized spacial score (nSPS) is 16.0. The number of likely N-dealkylation sites (tertiary alicyclic amines) is 1. The summed E-state index contributed by atoms with van der Waals surface area (Å²) in [7, 11) is 0. The summed E-state index contributed by atoms with van der Waals surface area (Å²) in [6, 6.07) is 2.96. The van der Waals surface area contributed by atoms with Crippen molar-refractivity contribution in [2.75, 3.05) is 18.4 Å². The molecule has 0 aliphatic carbocycles. The maximum Gasteiger partial charge on any atom is 0.410 e. The number of hydrogen-bond acceptors (Lipinski definition) is 5. The van der Waals surface area contributed by atoms with E-state index >= 15 is 0 Å². The van der Waals surface area contributed by atoms with Crippen LogP contribution < -0.4 is 0 Å². The van der Waals surface area contributed by atoms with Crippen molar-refractivity contribution >= 4 is 49.4 Å². The zero-order chi connectivity index (χ0) is 19.8. The fourth-order valence-corrected chi connectivity index (χ4v) is 4.57. The molecule has 1 amide bonds. The Hall–Kier alpha value is -1.54. The molecule has 0 saturated carbocycles. The molecule has 27 heavy (non-hydrogen) atoms. The smallest absolute Gasteiger partial charge is 0.410 e. The number of ketones is 1. The molecule has 2 heterocycles. The Balaban J connectivity index is 1.73. The van der Waals surface area contributed by atoms with Gasteiger partial charge in [-0.15, -0.1) is 11.3 Å². The molecular weight excluding hydrogens is 435 g/mol. The minimum Gasteiger partial charge on any atom is -0.444 e. The van der Waals surface area contributed by atoms with Gasteiger partial charge in [-0.25, -0.2) is 14.2 Å². The highest BCUT2D eigenvalue weighted by Crippen LogP contribution is 2.35. The van der Waals surface area contributed by atoms with Crippen LogP contribution in [0.4, 0.5) is 9.18 Å². The second kappa shape index (κ2) is 7.83. The average Bonchev–Trinajstić information content (AvgIpc) is 3.04. The Morgan fingerprint density at radius 2 is 2.00 bits per heavy atom. The van der Waals surface area contributed by atoms with E-state index in [0.29, 0.717) is 28.9 Å². The van der Waals surface area contributed by atoms with E-state index in [9.17, 15) is 14.0 Å². The quantitative estimate of drug-likeness (QED) is 0.474. The Labute approximate surface area is 170 Å². The highest BCUT2D eigenvalue weighted by atomic mass is 79.9. The van der Waals surface area contributed by atoms with Crippen molar-refractivity contribution in [3.05, 3.63) is 28.5 Å². The van der Waals surface area contributed by atoms with Crippen molar-refractivity contribution in [1.82, 2.24) is 9.88 Å². The molecule has 0 radical (unpaired) electrons. The molecule has 1 saturated heterocycles. The number of fused-ring (bicyclic) bond motifs is 1. The van der Waals surface area contributed by atoms with Gasteiger partial charge in [-0.3, -0.25) is 4.79 Å². The first-order chi connectivity index (χ1) is 12.7. The van der Waals surface area contributed by atoms with Crippen molar-refractivity contribution in [1.29, 1.82) is 0 Å². The second-order valence-corrected chi connectivity index (χ2v) is 9.28. The third-order valence-electron chi connectivity index (χ3n) is 4.40. The molecule has 5 nitrogen and oxygen atoms in total. The fourth-order valence-electron chi connectivity index (χ4n) is 3.05. The van der Waals surface area contributed by atoms with Crippen LogP contribution in [0.3, 0.4) is 0 Å². The predicted octanol–water partition coefficient (Wildman–Crippen LogP) is 5.13. The van der Waals surface area contributed by atoms with Crippen LogP contribution in [0, 0.1) is 5.82 Å². The molecule has 146 valence electrons. The maximum absolute atomic E-state index is 14.4. The monoisotopic (exact) mass is 456 g/mol. The van der Waals surface area contributed by atoms with Crippen molar-refractivity contribution in [3.8, 4) is 0 Å². The molecule has 1 fully saturated rings. The lowest BCUT2D eigenvalue weighted by Crippen LogP contribution is -2.41. The summed E-state index contributed by atoms with van der Waals surface area (Å²) in [6.45, 7) is 6.72. The molecular formula is C19H22BrFN2O3S. The van der Waals surface area contributed by atoms with Gasteiger partial charge in [-0.2, -0.15) is 0 Å². The SMILES string of the molecule is CC(C)(C)OC(=O)N1CCC(c2nc3c(F)cc(C(=O)CBr)cc3s2)CC1. The van der Waals surface area contributed by atoms with Crippen LogP contribution in [-0.4, -0.2) is 45.8 Å². The summed E-state index contributed by atoms with van der Waals surface area (Å²) >= 11 is 4.54. The summed E-state index contributed by atoms with van der Waals surface area (Å²) in [6.07, 6.45) is 1.22. The first-order valence-corrected chi connectivity index (χ1v) is 10.8. The molecule has 1 aliphatic rings. The fraction of sp³-hybridized carbons (Fsp3) is 0.526. The van der Waals surface area contributed by atoms with E-state index in [2.05, 4.69) is 20.9 Å². The lowest BCUT2D eigenvalue weighted by atomic mass is 9.98.